The van der Waals surface area contributed by atoms with E-state index in [-0.39, 0.29) is 103 Å². The van der Waals surface area contributed by atoms with Gasteiger partial charge in [0.05, 0.1) is 48.7 Å². The summed E-state index contributed by atoms with van der Waals surface area (Å²) in [7, 11) is 4.61. The second kappa shape index (κ2) is 72.4. The molecular formula is C116H171ClN2O14Pt. The fourth-order valence-electron chi connectivity index (χ4n) is 13.8. The predicted octanol–water partition coefficient (Wildman–Crippen LogP) is 32.3. The number of nitrogens with zero attached hydrogens (tertiary/aromatic N) is 2. The molecule has 2 aromatic heterocycles. The molecule has 16 nitrogen and oxygen atoms in total. The summed E-state index contributed by atoms with van der Waals surface area (Å²) < 4.78 is 61.1. The number of esters is 4. The number of rotatable bonds is 60. The Balaban J connectivity index is -0.000000435. The normalized spacial score (nSPS) is 9.80. The van der Waals surface area contributed by atoms with Gasteiger partial charge in [0.15, 0.2) is 23.0 Å². The van der Waals surface area contributed by atoms with Gasteiger partial charge < -0.3 is 47.4 Å². The number of unbranched alkanes of at least 4 members (excludes halogenated alkanes) is 36. The number of halogens is 1. The number of hydrogen-bond acceptors (Lipinski definition) is 16. The van der Waals surface area contributed by atoms with E-state index >= 15 is 0 Å². The number of carbonyl (C=O) groups is 4. The van der Waals surface area contributed by atoms with Crippen molar-refractivity contribution in [1.29, 1.82) is 0 Å². The largest absolute Gasteiger partial charge is 0 e. The minimum absolute atomic E-state index is 0. The Labute approximate surface area is 849 Å². The van der Waals surface area contributed by atoms with Crippen LogP contribution in [-0.2, 0) is 18.8 Å². The van der Waals surface area contributed by atoms with Gasteiger partial charge in [0.1, 0.15) is 35.2 Å². The number of ether oxygens (including phenoxy) is 10. The Hall–Kier alpha value is -13.2. The molecule has 0 aliphatic rings. The number of benzene rings is 5. The first kappa shape index (κ1) is 110. The molecule has 5 aromatic carbocycles. The monoisotopic (exact) mass is 2050 g/mol. The van der Waals surface area contributed by atoms with Gasteiger partial charge >= 0.3 is 52.1 Å². The van der Waals surface area contributed by atoms with Gasteiger partial charge in [-0.15, -0.1) is 37.1 Å². The molecule has 0 radical (unpaired) electrons. The maximum atomic E-state index is 14.2. The predicted molar refractivity (Wildman–Crippen MR) is 580 cm³/mol. The Kier molecular flexibility index (Phi) is 59.2. The van der Waals surface area contributed by atoms with Crippen LogP contribution in [0.2, 0.25) is 0 Å². The maximum absolute atomic E-state index is 14.2. The van der Waals surface area contributed by atoms with Gasteiger partial charge in [-0.25, -0.2) is 19.2 Å². The van der Waals surface area contributed by atoms with E-state index < -0.39 is 23.9 Å². The zero-order valence-electron chi connectivity index (χ0n) is 78.2. The number of aromatic nitrogens is 2. The summed E-state index contributed by atoms with van der Waals surface area (Å²) >= 11 is 1.61. The van der Waals surface area contributed by atoms with E-state index in [0.29, 0.717) is 66.0 Å². The molecule has 0 saturated carbocycles. The summed E-state index contributed by atoms with van der Waals surface area (Å²) in [5.74, 6) is 48.8. The van der Waals surface area contributed by atoms with Crippen LogP contribution < -0.4 is 47.4 Å². The smallest absolute Gasteiger partial charge is 0 e. The minimum Gasteiger partial charge on any atom is 0 e. The molecule has 0 unspecified atom stereocenters. The van der Waals surface area contributed by atoms with Crippen LogP contribution in [0.3, 0.4) is 0 Å². The van der Waals surface area contributed by atoms with Crippen molar-refractivity contribution >= 4 is 33.3 Å². The third-order valence-electron chi connectivity index (χ3n) is 20.9. The van der Waals surface area contributed by atoms with E-state index in [0.717, 1.165) is 70.6 Å². The van der Waals surface area contributed by atoms with E-state index in [1.807, 2.05) is 18.2 Å². The zero-order valence-corrected chi connectivity index (χ0v) is 81.2. The van der Waals surface area contributed by atoms with E-state index in [2.05, 4.69) is 184 Å². The van der Waals surface area contributed by atoms with Crippen LogP contribution in [0.15, 0.2) is 128 Å². The molecular weight excluding hydrogens is 1880 g/mol. The van der Waals surface area contributed by atoms with Crippen molar-refractivity contribution in [3.05, 3.63) is 156 Å². The summed E-state index contributed by atoms with van der Waals surface area (Å²) in [6.45, 7) is 10.7. The second-order valence-electron chi connectivity index (χ2n) is 31.5. The fourth-order valence-corrected chi connectivity index (χ4v) is 13.8. The van der Waals surface area contributed by atoms with Gasteiger partial charge in [0.25, 0.3) is 0 Å². The maximum Gasteiger partial charge on any atom is 0 e. The van der Waals surface area contributed by atoms with Gasteiger partial charge in [-0.3, -0.25) is 9.97 Å². The van der Waals surface area contributed by atoms with Crippen molar-refractivity contribution in [3.63, 3.8) is 0 Å². The number of terminal acetylenes is 2. The van der Waals surface area contributed by atoms with Gasteiger partial charge in [0.2, 0.25) is 11.5 Å². The van der Waals surface area contributed by atoms with E-state index in [4.69, 9.17) is 60.2 Å². The van der Waals surface area contributed by atoms with Crippen molar-refractivity contribution in [2.24, 2.45) is 0 Å². The molecule has 746 valence electrons. The van der Waals surface area contributed by atoms with Gasteiger partial charge in [0, 0.05) is 123 Å². The molecule has 18 heteroatoms. The van der Waals surface area contributed by atoms with Crippen LogP contribution in [0.25, 0.3) is 22.5 Å². The third kappa shape index (κ3) is 47.2. The zero-order chi connectivity index (χ0) is 95.4. The van der Waals surface area contributed by atoms with Gasteiger partial charge in [-0.1, -0.05) is 294 Å². The Morgan fingerprint density at radius 3 is 0.843 bits per heavy atom. The van der Waals surface area contributed by atoms with Crippen molar-refractivity contribution in [1.82, 2.24) is 9.97 Å². The molecule has 0 saturated heterocycles. The Morgan fingerprint density at radius 2 is 0.552 bits per heavy atom. The molecule has 0 aliphatic carbocycles. The molecule has 0 atom stereocenters. The first-order chi connectivity index (χ1) is 66.0. The first-order valence-electron chi connectivity index (χ1n) is 47.3. The van der Waals surface area contributed by atoms with Crippen LogP contribution in [0.1, 0.15) is 360 Å². The molecule has 0 spiro atoms. The van der Waals surface area contributed by atoms with Crippen LogP contribution in [0.5, 0.6) is 57.5 Å². The molecule has 134 heavy (non-hydrogen) atoms. The molecule has 0 amide bonds. The Bertz CT molecular complexity index is 5580. The van der Waals surface area contributed by atoms with Crippen LogP contribution in [0, 0.1) is 150 Å². The SMILES string of the molecule is C#CC#CC#CC#CC#CC#COc1cc(C(=O)Oc2ccc(OC(=O)c3ccc(-c4[c-]c(-c5ccc(C(=O)Oc6ccc(OC(=O)c7cc(OCCCCCCCCCCCC)c(OCCCCCCCCCCCC)c(OCCCCCCCCCCCC)c7)cc6)cn5)ccc4)nc3)cc2)cc(OCCCCCCCCCCCC)c1OC#CC#CC#CC#CC#CC#C.[Cl][Pt+].[HH].[HH].[HH].[HH].[HH].[HH].[HH].[HH].[HH].[HH].[HH].[HH].[HH].[HH].[HH].[HH].[HH].[HH].[HH].[HH].[HH].[HH].[HH].[HH]. The molecule has 0 bridgehead atoms. The topological polar surface area (TPSA) is 186 Å². The average Bonchev–Trinajstić information content (AvgIpc) is 0.836. The van der Waals surface area contributed by atoms with Crippen LogP contribution >= 0.6 is 9.42 Å². The number of hydrogen-bond donors (Lipinski definition) is 0. The molecule has 7 rings (SSSR count). The third-order valence-corrected chi connectivity index (χ3v) is 20.9. The van der Waals surface area contributed by atoms with Gasteiger partial charge in [-0.2, -0.15) is 0 Å². The van der Waals surface area contributed by atoms with Gasteiger partial charge in [-0.05, 0) is 152 Å². The molecule has 0 fully saturated rings. The summed E-state index contributed by atoms with van der Waals surface area (Å²) in [4.78, 5) is 64.7. The van der Waals surface area contributed by atoms with Crippen LogP contribution in [-0.4, -0.2) is 60.3 Å². The molecule has 0 N–H and O–H groups in total. The molecule has 0 aliphatic heterocycles. The van der Waals surface area contributed by atoms with E-state index in [9.17, 15) is 19.2 Å². The quantitative estimate of drug-likeness (QED) is 0.0115. The summed E-state index contributed by atoms with van der Waals surface area (Å²) in [6.07, 6.45) is 65.3. The fraction of sp³-hybridized carbons (Fsp3) is 0.414. The summed E-state index contributed by atoms with van der Waals surface area (Å²) in [5, 5.41) is 0. The summed E-state index contributed by atoms with van der Waals surface area (Å²) in [5.41, 5.74) is 2.86. The van der Waals surface area contributed by atoms with E-state index in [1.54, 1.807) is 79.4 Å². The van der Waals surface area contributed by atoms with Crippen molar-refractivity contribution < 1.29 is 120 Å². The summed E-state index contributed by atoms with van der Waals surface area (Å²) in [6, 6.07) is 33.7. The standard InChI is InChI=1S/C116H123N2O14.ClH.Pt.24H2/c1-7-13-19-25-31-37-43-49-55-61-82-123-107-89-99(90-108(124-83-62-56-50-44-38-32-26-20-14-8-2)111(107)127-86-65-59-53-47-41-35-29-23-17-11-5)115(121)131-103-76-72-101(73-77-103)129-113(119)97-70-80-105(117-93-97)95-68-67-69-96(88-95)106-81-71-98(94-118-106)114(120)130-102-74-78-104(79-75-102)132-116(122)100-91-109(125-84-63-57-51-45-39-33-27-21-15-9-3)112(128-87-66-60-54-48-42-36-30-24-18-12-6)110(92-100)126-85-64-58-52-46-40-34-28-22-16-10-4;;;;;;;;;;;;;;;;;;;;;;;;;;/h1,5,67-81,89-94H,8-10,12,14-16,18,20-22,24,26-28,30,32-34,36,38-40,42,44-46,48,50-52,54,56-58,60,62-64,66,83-85,87H2,2-4,6H3;1H;;24*1H/q-1;;+2;;;;;;;;;;;;;;;;;;;;;;;;/p-1. The Morgan fingerprint density at radius 1 is 0.299 bits per heavy atom. The molecule has 2 heterocycles. The van der Waals surface area contributed by atoms with Crippen molar-refractivity contribution in [2.45, 2.75) is 285 Å². The van der Waals surface area contributed by atoms with Crippen molar-refractivity contribution in [2.75, 3.05) is 26.4 Å². The molecule has 7 aromatic rings. The second-order valence-corrected chi connectivity index (χ2v) is 31.5. The number of carbonyl (C=O) groups excluding carboxylic acids is 4. The van der Waals surface area contributed by atoms with Crippen molar-refractivity contribution in [3.8, 4) is 223 Å². The minimum atomic E-state index is -0.814. The van der Waals surface area contributed by atoms with Crippen LogP contribution in [0.4, 0.5) is 0 Å². The van der Waals surface area contributed by atoms with E-state index in [1.165, 1.54) is 229 Å². The number of pyridine rings is 2. The average molecular weight is 2050 g/mol. The first-order valence-corrected chi connectivity index (χ1v) is 50.1.